The highest BCUT2D eigenvalue weighted by molar-refractivity contribution is 8.27. The second-order valence-corrected chi connectivity index (χ2v) is 8.19. The van der Waals surface area contributed by atoms with Crippen LogP contribution in [-0.4, -0.2) is 18.6 Å². The molecule has 9 heteroatoms. The van der Waals surface area contributed by atoms with Crippen LogP contribution in [0.1, 0.15) is 5.76 Å². The van der Waals surface area contributed by atoms with Gasteiger partial charge in [0, 0.05) is 0 Å². The fourth-order valence-electron chi connectivity index (χ4n) is 2.11. The third-order valence-corrected chi connectivity index (χ3v) is 5.52. The van der Waals surface area contributed by atoms with E-state index < -0.39 is 10.0 Å². The van der Waals surface area contributed by atoms with Crippen LogP contribution in [0.2, 0.25) is 0 Å². The molecule has 0 aliphatic carbocycles. The summed E-state index contributed by atoms with van der Waals surface area (Å²) in [7, 11) is -3.79. The first kappa shape index (κ1) is 17.6. The molecule has 0 radical (unpaired) electrons. The summed E-state index contributed by atoms with van der Waals surface area (Å²) in [5.74, 6) is 0.396. The molecular formula is C16H12N2O4S3. The van der Waals surface area contributed by atoms with E-state index in [9.17, 15) is 13.2 Å². The number of thiocarbonyl (C=S) groups is 1. The van der Waals surface area contributed by atoms with Crippen molar-refractivity contribution in [3.05, 3.63) is 65.5 Å². The maximum absolute atomic E-state index is 12.5. The zero-order chi connectivity index (χ0) is 18.0. The molecule has 1 aliphatic rings. The quantitative estimate of drug-likeness (QED) is 0.635. The van der Waals surface area contributed by atoms with Crippen LogP contribution in [0.3, 0.4) is 0 Å². The molecule has 1 aromatic heterocycles. The SMILES string of the molecule is NS(=O)(=O)c1ccc(N2C(=O)/C(=C\C=C\c3ccco3)SC2=S)cc1. The Hall–Kier alpha value is -2.20. The van der Waals surface area contributed by atoms with E-state index in [-0.39, 0.29) is 10.8 Å². The Kier molecular flexibility index (Phi) is 4.91. The molecule has 1 fully saturated rings. The van der Waals surface area contributed by atoms with Gasteiger partial charge in [0.2, 0.25) is 10.0 Å². The average molecular weight is 392 g/mol. The molecule has 1 amide bonds. The van der Waals surface area contributed by atoms with Crippen molar-refractivity contribution in [2.45, 2.75) is 4.90 Å². The van der Waals surface area contributed by atoms with Gasteiger partial charge in [-0.05, 0) is 48.6 Å². The van der Waals surface area contributed by atoms with Crippen molar-refractivity contribution in [2.75, 3.05) is 4.90 Å². The summed E-state index contributed by atoms with van der Waals surface area (Å²) >= 11 is 6.42. The lowest BCUT2D eigenvalue weighted by Gasteiger charge is -2.14. The van der Waals surface area contributed by atoms with Gasteiger partial charge >= 0.3 is 0 Å². The summed E-state index contributed by atoms with van der Waals surface area (Å²) < 4.78 is 28.1. The standard InChI is InChI=1S/C16H12N2O4S3/c17-25(20,21)13-8-6-11(7-9-13)18-15(19)14(24-16(18)23)5-1-3-12-4-2-10-22-12/h1-10H,(H2,17,20,21)/b3-1+,14-5+. The van der Waals surface area contributed by atoms with E-state index in [4.69, 9.17) is 21.8 Å². The Balaban J connectivity index is 1.81. The first-order valence-corrected chi connectivity index (χ1v) is 9.74. The zero-order valence-electron chi connectivity index (χ0n) is 12.7. The van der Waals surface area contributed by atoms with Crippen LogP contribution in [0.15, 0.2) is 69.0 Å². The lowest BCUT2D eigenvalue weighted by molar-refractivity contribution is -0.113. The minimum Gasteiger partial charge on any atom is -0.465 e. The van der Waals surface area contributed by atoms with Crippen molar-refractivity contribution >= 4 is 56.0 Å². The molecule has 2 heterocycles. The monoisotopic (exact) mass is 392 g/mol. The van der Waals surface area contributed by atoms with Crippen LogP contribution in [0.4, 0.5) is 5.69 Å². The van der Waals surface area contributed by atoms with Crippen LogP contribution in [0, 0.1) is 0 Å². The molecule has 1 aliphatic heterocycles. The van der Waals surface area contributed by atoms with Crippen molar-refractivity contribution in [1.82, 2.24) is 0 Å². The number of nitrogens with zero attached hydrogens (tertiary/aromatic N) is 1. The molecule has 0 saturated carbocycles. The van der Waals surface area contributed by atoms with E-state index in [0.29, 0.717) is 20.7 Å². The normalized spacial score (nSPS) is 17.2. The summed E-state index contributed by atoms with van der Waals surface area (Å²) in [6.07, 6.45) is 6.65. The predicted octanol–water partition coefficient (Wildman–Crippen LogP) is 2.89. The van der Waals surface area contributed by atoms with Crippen LogP contribution in [0.5, 0.6) is 0 Å². The van der Waals surface area contributed by atoms with Gasteiger partial charge in [0.25, 0.3) is 5.91 Å². The number of nitrogens with two attached hydrogens (primary N) is 1. The highest BCUT2D eigenvalue weighted by atomic mass is 32.2. The van der Waals surface area contributed by atoms with E-state index in [1.165, 1.54) is 40.9 Å². The number of thioether (sulfide) groups is 1. The maximum atomic E-state index is 12.5. The van der Waals surface area contributed by atoms with E-state index in [1.54, 1.807) is 36.6 Å². The number of sulfonamides is 1. The Morgan fingerprint density at radius 1 is 1.20 bits per heavy atom. The molecule has 6 nitrogen and oxygen atoms in total. The van der Waals surface area contributed by atoms with Crippen molar-refractivity contribution in [3.63, 3.8) is 0 Å². The number of benzene rings is 1. The van der Waals surface area contributed by atoms with Crippen molar-refractivity contribution < 1.29 is 17.6 Å². The lowest BCUT2D eigenvalue weighted by atomic mass is 10.3. The third kappa shape index (κ3) is 3.90. The summed E-state index contributed by atoms with van der Waals surface area (Å²) in [5.41, 5.74) is 0.480. The summed E-state index contributed by atoms with van der Waals surface area (Å²) in [6, 6.07) is 9.22. The number of hydrogen-bond acceptors (Lipinski definition) is 6. The number of rotatable bonds is 4. The molecule has 0 unspecified atom stereocenters. The van der Waals surface area contributed by atoms with Gasteiger partial charge < -0.3 is 4.42 Å². The maximum Gasteiger partial charge on any atom is 0.270 e. The van der Waals surface area contributed by atoms with E-state index in [0.717, 1.165) is 0 Å². The number of allylic oxidation sites excluding steroid dienone is 2. The van der Waals surface area contributed by atoms with Crippen molar-refractivity contribution in [3.8, 4) is 0 Å². The molecule has 3 rings (SSSR count). The Labute approximate surface area is 154 Å². The van der Waals surface area contributed by atoms with E-state index in [1.807, 2.05) is 0 Å². The molecule has 25 heavy (non-hydrogen) atoms. The van der Waals surface area contributed by atoms with Crippen molar-refractivity contribution in [2.24, 2.45) is 5.14 Å². The molecule has 2 N–H and O–H groups in total. The van der Waals surface area contributed by atoms with Gasteiger partial charge in [-0.3, -0.25) is 9.69 Å². The molecule has 1 aromatic carbocycles. The Morgan fingerprint density at radius 3 is 2.52 bits per heavy atom. The summed E-state index contributed by atoms with van der Waals surface area (Å²) in [4.78, 5) is 14.3. The number of furan rings is 1. The van der Waals surface area contributed by atoms with Crippen molar-refractivity contribution in [1.29, 1.82) is 0 Å². The lowest BCUT2D eigenvalue weighted by Crippen LogP contribution is -2.27. The molecule has 128 valence electrons. The number of hydrogen-bond donors (Lipinski definition) is 1. The Bertz CT molecular complexity index is 975. The van der Waals surface area contributed by atoms with Gasteiger partial charge in [-0.1, -0.05) is 30.1 Å². The van der Waals surface area contributed by atoms with Gasteiger partial charge in [-0.25, -0.2) is 13.6 Å². The van der Waals surface area contributed by atoms with Gasteiger partial charge in [-0.2, -0.15) is 0 Å². The minimum absolute atomic E-state index is 0.0291. The van der Waals surface area contributed by atoms with Crippen LogP contribution >= 0.6 is 24.0 Å². The molecule has 0 spiro atoms. The van der Waals surface area contributed by atoms with Crippen LogP contribution in [0.25, 0.3) is 6.08 Å². The highest BCUT2D eigenvalue weighted by Gasteiger charge is 2.33. The number of primary sulfonamides is 1. The largest absolute Gasteiger partial charge is 0.465 e. The fraction of sp³-hybridized carbons (Fsp3) is 0. The van der Waals surface area contributed by atoms with Gasteiger partial charge in [0.1, 0.15) is 5.76 Å². The molecular weight excluding hydrogens is 380 g/mol. The zero-order valence-corrected chi connectivity index (χ0v) is 15.1. The second kappa shape index (κ2) is 6.96. The summed E-state index contributed by atoms with van der Waals surface area (Å²) in [6.45, 7) is 0. The molecule has 0 bridgehead atoms. The number of amides is 1. The number of anilines is 1. The third-order valence-electron chi connectivity index (χ3n) is 3.27. The molecule has 0 atom stereocenters. The van der Waals surface area contributed by atoms with E-state index >= 15 is 0 Å². The first-order chi connectivity index (χ1) is 11.9. The van der Waals surface area contributed by atoms with E-state index in [2.05, 4.69) is 0 Å². The predicted molar refractivity (Wildman–Crippen MR) is 101 cm³/mol. The first-order valence-electron chi connectivity index (χ1n) is 6.97. The smallest absolute Gasteiger partial charge is 0.270 e. The topological polar surface area (TPSA) is 93.6 Å². The molecule has 2 aromatic rings. The van der Waals surface area contributed by atoms with Gasteiger partial charge in [-0.15, -0.1) is 0 Å². The summed E-state index contributed by atoms with van der Waals surface area (Å²) in [5, 5.41) is 5.07. The average Bonchev–Trinajstić information content (AvgIpc) is 3.16. The number of carbonyl (C=O) groups excluding carboxylic acids is 1. The highest BCUT2D eigenvalue weighted by Crippen LogP contribution is 2.35. The van der Waals surface area contributed by atoms with Crippen LogP contribution < -0.4 is 10.0 Å². The fourth-order valence-corrected chi connectivity index (χ4v) is 3.87. The molecule has 1 saturated heterocycles. The minimum atomic E-state index is -3.79. The Morgan fingerprint density at radius 2 is 1.92 bits per heavy atom. The van der Waals surface area contributed by atoms with Gasteiger partial charge in [0.15, 0.2) is 4.32 Å². The van der Waals surface area contributed by atoms with Crippen LogP contribution in [-0.2, 0) is 14.8 Å². The second-order valence-electron chi connectivity index (χ2n) is 4.95. The number of carbonyl (C=O) groups is 1. The van der Waals surface area contributed by atoms with Gasteiger partial charge in [0.05, 0.1) is 21.8 Å².